The zero-order valence-corrected chi connectivity index (χ0v) is 8.34. The van der Waals surface area contributed by atoms with Crippen molar-refractivity contribution in [3.8, 4) is 0 Å². The highest BCUT2D eigenvalue weighted by Crippen LogP contribution is 2.45. The summed E-state index contributed by atoms with van der Waals surface area (Å²) in [6.45, 7) is 0. The molecule has 1 aliphatic heterocycles. The second-order valence-corrected chi connectivity index (χ2v) is 4.16. The summed E-state index contributed by atoms with van der Waals surface area (Å²) in [4.78, 5) is 22.9. The van der Waals surface area contributed by atoms with Crippen molar-refractivity contribution in [2.75, 3.05) is 7.11 Å². The number of rotatable bonds is 1. The topological polar surface area (TPSA) is 55.4 Å². The highest BCUT2D eigenvalue weighted by Gasteiger charge is 2.52. The van der Waals surface area contributed by atoms with Gasteiger partial charge in [0.1, 0.15) is 0 Å². The van der Waals surface area contributed by atoms with E-state index in [4.69, 9.17) is 4.74 Å². The van der Waals surface area contributed by atoms with Gasteiger partial charge in [0, 0.05) is 12.5 Å². The predicted molar refractivity (Wildman–Crippen MR) is 49.5 cm³/mol. The molecule has 2 atom stereocenters. The van der Waals surface area contributed by atoms with Gasteiger partial charge in [0.25, 0.3) is 0 Å². The van der Waals surface area contributed by atoms with Gasteiger partial charge in [-0.1, -0.05) is 6.42 Å². The van der Waals surface area contributed by atoms with E-state index in [2.05, 4.69) is 5.32 Å². The molecule has 4 heteroatoms. The Kier molecular flexibility index (Phi) is 2.21. The van der Waals surface area contributed by atoms with E-state index in [-0.39, 0.29) is 17.9 Å². The first-order valence-electron chi connectivity index (χ1n) is 5.07. The standard InChI is InChI=1S/C10H15NO3/c1-14-9(13)10-5-2-3-7(10)11-8(12)4-6-10/h7H,2-6H2,1H3,(H,11,12). The number of nitrogens with one attached hydrogen (secondary N) is 1. The van der Waals surface area contributed by atoms with Crippen LogP contribution in [0.3, 0.4) is 0 Å². The Morgan fingerprint density at radius 1 is 1.57 bits per heavy atom. The maximum Gasteiger partial charge on any atom is 0.313 e. The molecule has 1 aliphatic carbocycles. The summed E-state index contributed by atoms with van der Waals surface area (Å²) >= 11 is 0. The van der Waals surface area contributed by atoms with Crippen molar-refractivity contribution in [3.05, 3.63) is 0 Å². The highest BCUT2D eigenvalue weighted by atomic mass is 16.5. The smallest absolute Gasteiger partial charge is 0.313 e. The molecule has 0 aromatic rings. The van der Waals surface area contributed by atoms with Crippen molar-refractivity contribution >= 4 is 11.9 Å². The predicted octanol–water partition coefficient (Wildman–Crippen LogP) is 0.608. The van der Waals surface area contributed by atoms with Gasteiger partial charge in [0.15, 0.2) is 0 Å². The van der Waals surface area contributed by atoms with Gasteiger partial charge in [-0.05, 0) is 19.3 Å². The van der Waals surface area contributed by atoms with Crippen LogP contribution in [0, 0.1) is 5.41 Å². The number of piperidine rings is 1. The fourth-order valence-electron chi connectivity index (χ4n) is 2.73. The van der Waals surface area contributed by atoms with E-state index in [1.807, 2.05) is 0 Å². The molecule has 1 saturated carbocycles. The second-order valence-electron chi connectivity index (χ2n) is 4.16. The average molecular weight is 197 g/mol. The maximum absolute atomic E-state index is 11.7. The number of amides is 1. The number of esters is 1. The van der Waals surface area contributed by atoms with Crippen LogP contribution in [0.4, 0.5) is 0 Å². The van der Waals surface area contributed by atoms with Crippen molar-refractivity contribution in [1.82, 2.24) is 5.32 Å². The lowest BCUT2D eigenvalue weighted by Crippen LogP contribution is -2.53. The molecule has 78 valence electrons. The van der Waals surface area contributed by atoms with Crippen LogP contribution in [-0.2, 0) is 14.3 Å². The van der Waals surface area contributed by atoms with Crippen molar-refractivity contribution in [2.45, 2.75) is 38.1 Å². The lowest BCUT2D eigenvalue weighted by Gasteiger charge is -2.36. The first-order chi connectivity index (χ1) is 6.69. The van der Waals surface area contributed by atoms with Crippen LogP contribution in [0.25, 0.3) is 0 Å². The molecule has 4 nitrogen and oxygen atoms in total. The molecule has 1 N–H and O–H groups in total. The molecule has 1 heterocycles. The summed E-state index contributed by atoms with van der Waals surface area (Å²) in [5.41, 5.74) is -0.414. The summed E-state index contributed by atoms with van der Waals surface area (Å²) in [6, 6.07) is 0.0104. The Balaban J connectivity index is 2.23. The Morgan fingerprint density at radius 3 is 3.07 bits per heavy atom. The molecule has 2 aliphatic rings. The largest absolute Gasteiger partial charge is 0.469 e. The number of methoxy groups -OCH3 is 1. The molecule has 2 unspecified atom stereocenters. The average Bonchev–Trinajstić information content (AvgIpc) is 2.60. The van der Waals surface area contributed by atoms with E-state index in [1.165, 1.54) is 7.11 Å². The van der Waals surface area contributed by atoms with Crippen LogP contribution in [0.15, 0.2) is 0 Å². The van der Waals surface area contributed by atoms with Gasteiger partial charge in [-0.25, -0.2) is 0 Å². The molecule has 14 heavy (non-hydrogen) atoms. The molecule has 2 rings (SSSR count). The van der Waals surface area contributed by atoms with Crippen LogP contribution < -0.4 is 5.32 Å². The fraction of sp³-hybridized carbons (Fsp3) is 0.800. The molecular weight excluding hydrogens is 182 g/mol. The fourth-order valence-corrected chi connectivity index (χ4v) is 2.73. The van der Waals surface area contributed by atoms with Gasteiger partial charge in [0.2, 0.25) is 5.91 Å². The molecule has 0 radical (unpaired) electrons. The van der Waals surface area contributed by atoms with E-state index in [1.54, 1.807) is 0 Å². The van der Waals surface area contributed by atoms with Gasteiger partial charge in [-0.15, -0.1) is 0 Å². The second kappa shape index (κ2) is 3.26. The summed E-state index contributed by atoms with van der Waals surface area (Å²) in [5.74, 6) is -0.0866. The number of carbonyl (C=O) groups excluding carboxylic acids is 2. The highest BCUT2D eigenvalue weighted by molar-refractivity contribution is 5.84. The lowest BCUT2D eigenvalue weighted by atomic mass is 9.76. The number of hydrogen-bond donors (Lipinski definition) is 1. The van der Waals surface area contributed by atoms with Crippen LogP contribution in [0.5, 0.6) is 0 Å². The molecule has 0 spiro atoms. The maximum atomic E-state index is 11.7. The third-order valence-electron chi connectivity index (χ3n) is 3.51. The molecule has 1 amide bonds. The zero-order valence-electron chi connectivity index (χ0n) is 8.34. The Morgan fingerprint density at radius 2 is 2.36 bits per heavy atom. The lowest BCUT2D eigenvalue weighted by molar-refractivity contribution is -0.156. The Hall–Kier alpha value is -1.06. The third kappa shape index (κ3) is 1.21. The minimum atomic E-state index is -0.414. The van der Waals surface area contributed by atoms with Gasteiger partial charge < -0.3 is 10.1 Å². The molecular formula is C10H15NO3. The van der Waals surface area contributed by atoms with E-state index >= 15 is 0 Å². The zero-order chi connectivity index (χ0) is 10.2. The first kappa shape index (κ1) is 9.49. The quantitative estimate of drug-likeness (QED) is 0.626. The van der Waals surface area contributed by atoms with Crippen LogP contribution in [0.2, 0.25) is 0 Å². The summed E-state index contributed by atoms with van der Waals surface area (Å²) < 4.78 is 4.84. The number of fused-ring (bicyclic) bond motifs is 1. The van der Waals surface area contributed by atoms with Crippen LogP contribution >= 0.6 is 0 Å². The minimum Gasteiger partial charge on any atom is -0.469 e. The normalized spacial score (nSPS) is 36.1. The third-order valence-corrected chi connectivity index (χ3v) is 3.51. The van der Waals surface area contributed by atoms with Crippen LogP contribution in [-0.4, -0.2) is 25.0 Å². The van der Waals surface area contributed by atoms with E-state index in [0.717, 1.165) is 19.3 Å². The molecule has 0 aromatic heterocycles. The monoisotopic (exact) mass is 197 g/mol. The van der Waals surface area contributed by atoms with Gasteiger partial charge >= 0.3 is 5.97 Å². The number of hydrogen-bond acceptors (Lipinski definition) is 3. The summed E-state index contributed by atoms with van der Waals surface area (Å²) in [7, 11) is 1.42. The van der Waals surface area contributed by atoms with Crippen molar-refractivity contribution in [1.29, 1.82) is 0 Å². The molecule has 2 fully saturated rings. The van der Waals surface area contributed by atoms with E-state index < -0.39 is 5.41 Å². The van der Waals surface area contributed by atoms with E-state index in [0.29, 0.717) is 12.8 Å². The van der Waals surface area contributed by atoms with Gasteiger partial charge in [-0.2, -0.15) is 0 Å². The van der Waals surface area contributed by atoms with Crippen LogP contribution in [0.1, 0.15) is 32.1 Å². The molecule has 1 saturated heterocycles. The first-order valence-corrected chi connectivity index (χ1v) is 5.07. The number of ether oxygens (including phenoxy) is 1. The Labute approximate surface area is 83.0 Å². The summed E-state index contributed by atoms with van der Waals surface area (Å²) in [6.07, 6.45) is 3.85. The number of carbonyl (C=O) groups is 2. The van der Waals surface area contributed by atoms with Gasteiger partial charge in [0.05, 0.1) is 12.5 Å². The molecule has 0 bridgehead atoms. The van der Waals surface area contributed by atoms with E-state index in [9.17, 15) is 9.59 Å². The minimum absolute atomic E-state index is 0.0104. The van der Waals surface area contributed by atoms with Crippen molar-refractivity contribution < 1.29 is 14.3 Å². The van der Waals surface area contributed by atoms with Crippen molar-refractivity contribution in [2.24, 2.45) is 5.41 Å². The molecule has 0 aromatic carbocycles. The van der Waals surface area contributed by atoms with Gasteiger partial charge in [-0.3, -0.25) is 9.59 Å². The van der Waals surface area contributed by atoms with Crippen molar-refractivity contribution in [3.63, 3.8) is 0 Å². The summed E-state index contributed by atoms with van der Waals surface area (Å²) in [5, 5.41) is 2.89. The SMILES string of the molecule is COC(=O)C12CCCC1NC(=O)CC2. The Bertz CT molecular complexity index is 277.